The average Bonchev–Trinajstić information content (AvgIpc) is 3.23. The molecule has 1 aromatic heterocycles. The first-order valence-corrected chi connectivity index (χ1v) is 15.6. The van der Waals surface area contributed by atoms with Crippen LogP contribution in [0.25, 0.3) is 6.08 Å². The number of ether oxygens (including phenoxy) is 2. The summed E-state index contributed by atoms with van der Waals surface area (Å²) < 4.78 is 14.8. The molecular weight excluding hydrogens is 715 g/mol. The van der Waals surface area contributed by atoms with Crippen molar-refractivity contribution in [1.82, 2.24) is 4.57 Å². The molecule has 41 heavy (non-hydrogen) atoms. The molecule has 210 valence electrons. The summed E-state index contributed by atoms with van der Waals surface area (Å²) in [6.07, 6.45) is 1.80. The summed E-state index contributed by atoms with van der Waals surface area (Å²) in [4.78, 5) is 32.0. The van der Waals surface area contributed by atoms with Crippen molar-refractivity contribution in [2.24, 2.45) is 4.99 Å². The topological polar surface area (TPSA) is 69.9 Å². The lowest BCUT2D eigenvalue weighted by molar-refractivity contribution is -0.139. The number of thiazole rings is 1. The second-order valence-corrected chi connectivity index (χ2v) is 12.6. The van der Waals surface area contributed by atoms with Crippen LogP contribution in [0, 0.1) is 0 Å². The van der Waals surface area contributed by atoms with Crippen LogP contribution in [0.5, 0.6) is 5.75 Å². The quantitative estimate of drug-likeness (QED) is 0.188. The number of halogens is 4. The lowest BCUT2D eigenvalue weighted by atomic mass is 9.96. The van der Waals surface area contributed by atoms with Gasteiger partial charge in [-0.2, -0.15) is 0 Å². The van der Waals surface area contributed by atoms with Crippen molar-refractivity contribution < 1.29 is 14.3 Å². The minimum atomic E-state index is -0.650. The Labute approximate surface area is 266 Å². The van der Waals surface area contributed by atoms with Crippen LogP contribution in [0.4, 0.5) is 0 Å². The normalized spacial score (nSPS) is 15.0. The number of carbonyl (C=O) groups is 1. The van der Waals surface area contributed by atoms with Crippen molar-refractivity contribution in [3.8, 4) is 5.75 Å². The standard InChI is InChI=1S/C30H22Br2Cl2N2O4S/c1-3-39-29(38)25-16(2)35-30-36(26(25)18-7-5-4-6-8-18)28(37)24(41-30)13-17-11-21(31)27(22(32)12-17)40-15-19-9-10-20(33)14-23(19)34/h4-14,26H,3,15H2,1-2H3/b24-13-/t26-/m0/s1. The minimum absolute atomic E-state index is 0.220. The first-order valence-electron chi connectivity index (χ1n) is 12.5. The smallest absolute Gasteiger partial charge is 0.338 e. The highest BCUT2D eigenvalue weighted by Crippen LogP contribution is 2.36. The minimum Gasteiger partial charge on any atom is -0.486 e. The van der Waals surface area contributed by atoms with Crippen LogP contribution in [0.15, 0.2) is 90.7 Å². The molecule has 1 aliphatic rings. The number of hydrogen-bond donors (Lipinski definition) is 0. The van der Waals surface area contributed by atoms with Gasteiger partial charge in [-0.15, -0.1) is 0 Å². The van der Waals surface area contributed by atoms with Gasteiger partial charge in [0.05, 0.1) is 37.4 Å². The van der Waals surface area contributed by atoms with E-state index < -0.39 is 12.0 Å². The van der Waals surface area contributed by atoms with Gasteiger partial charge in [-0.3, -0.25) is 9.36 Å². The molecule has 0 saturated carbocycles. The van der Waals surface area contributed by atoms with E-state index >= 15 is 0 Å². The third-order valence-electron chi connectivity index (χ3n) is 6.34. The molecule has 1 atom stereocenters. The van der Waals surface area contributed by atoms with Gasteiger partial charge >= 0.3 is 5.97 Å². The van der Waals surface area contributed by atoms with Crippen LogP contribution in [-0.4, -0.2) is 17.1 Å². The Morgan fingerprint density at radius 1 is 1.10 bits per heavy atom. The van der Waals surface area contributed by atoms with E-state index in [9.17, 15) is 9.59 Å². The monoisotopic (exact) mass is 734 g/mol. The summed E-state index contributed by atoms with van der Waals surface area (Å²) in [5.41, 5.74) is 2.99. The Hall–Kier alpha value is -2.69. The molecule has 0 N–H and O–H groups in total. The number of aromatic nitrogens is 1. The number of carbonyl (C=O) groups excluding carboxylic acids is 1. The van der Waals surface area contributed by atoms with Gasteiger partial charge in [0, 0.05) is 15.6 Å². The zero-order valence-corrected chi connectivity index (χ0v) is 27.3. The molecule has 0 saturated heterocycles. The largest absolute Gasteiger partial charge is 0.486 e. The van der Waals surface area contributed by atoms with Gasteiger partial charge in [-0.1, -0.05) is 70.9 Å². The molecule has 4 aromatic rings. The summed E-state index contributed by atoms with van der Waals surface area (Å²) in [5, 5.41) is 1.07. The van der Waals surface area contributed by atoms with Crippen molar-refractivity contribution in [2.75, 3.05) is 6.61 Å². The van der Waals surface area contributed by atoms with Gasteiger partial charge < -0.3 is 9.47 Å². The number of benzene rings is 3. The van der Waals surface area contributed by atoms with E-state index in [1.54, 1.807) is 36.6 Å². The first-order chi connectivity index (χ1) is 19.7. The Morgan fingerprint density at radius 2 is 1.80 bits per heavy atom. The van der Waals surface area contributed by atoms with Crippen LogP contribution >= 0.6 is 66.4 Å². The third kappa shape index (κ3) is 6.24. The molecular formula is C30H22Br2Cl2N2O4S. The Kier molecular flexibility index (Phi) is 9.21. The Balaban J connectivity index is 1.53. The van der Waals surface area contributed by atoms with Crippen molar-refractivity contribution in [3.05, 3.63) is 127 Å². The number of rotatable bonds is 7. The molecule has 0 amide bonds. The molecule has 11 heteroatoms. The van der Waals surface area contributed by atoms with Crippen molar-refractivity contribution in [2.45, 2.75) is 26.5 Å². The number of fused-ring (bicyclic) bond motifs is 1. The van der Waals surface area contributed by atoms with Crippen molar-refractivity contribution in [3.63, 3.8) is 0 Å². The van der Waals surface area contributed by atoms with Gasteiger partial charge in [0.15, 0.2) is 4.80 Å². The van der Waals surface area contributed by atoms with Crippen LogP contribution < -0.4 is 19.6 Å². The molecule has 0 aliphatic carbocycles. The summed E-state index contributed by atoms with van der Waals surface area (Å²) in [5.74, 6) is 0.105. The molecule has 0 unspecified atom stereocenters. The predicted octanol–water partition coefficient (Wildman–Crippen LogP) is 7.21. The maximum Gasteiger partial charge on any atom is 0.338 e. The molecule has 0 radical (unpaired) electrons. The van der Waals surface area contributed by atoms with Gasteiger partial charge in [-0.25, -0.2) is 9.79 Å². The lowest BCUT2D eigenvalue weighted by Gasteiger charge is -2.24. The molecule has 0 fully saturated rings. The second kappa shape index (κ2) is 12.7. The zero-order chi connectivity index (χ0) is 29.3. The second-order valence-electron chi connectivity index (χ2n) is 9.05. The molecule has 1 aliphatic heterocycles. The highest BCUT2D eigenvalue weighted by molar-refractivity contribution is 9.11. The van der Waals surface area contributed by atoms with E-state index in [1.807, 2.05) is 48.5 Å². The van der Waals surface area contributed by atoms with Crippen LogP contribution in [0.2, 0.25) is 10.0 Å². The van der Waals surface area contributed by atoms with Crippen molar-refractivity contribution >= 4 is 78.4 Å². The number of hydrogen-bond acceptors (Lipinski definition) is 6. The van der Waals surface area contributed by atoms with E-state index in [2.05, 4.69) is 36.9 Å². The van der Waals surface area contributed by atoms with Gasteiger partial charge in [-0.05, 0) is 87.2 Å². The van der Waals surface area contributed by atoms with Gasteiger partial charge in [0.25, 0.3) is 5.56 Å². The summed E-state index contributed by atoms with van der Waals surface area (Å²) in [6.45, 7) is 3.98. The Bertz CT molecular complexity index is 1850. The average molecular weight is 737 g/mol. The third-order valence-corrected chi connectivity index (χ3v) is 9.09. The molecule has 0 spiro atoms. The maximum absolute atomic E-state index is 13.8. The fourth-order valence-corrected chi connectivity index (χ4v) is 7.44. The fraction of sp³-hybridized carbons (Fsp3) is 0.167. The molecule has 3 aromatic carbocycles. The van der Waals surface area contributed by atoms with Crippen LogP contribution in [0.1, 0.15) is 36.6 Å². The van der Waals surface area contributed by atoms with Gasteiger partial charge in [0.1, 0.15) is 12.4 Å². The summed E-state index contributed by atoms with van der Waals surface area (Å²) in [6, 6.07) is 17.8. The van der Waals surface area contributed by atoms with Gasteiger partial charge in [0.2, 0.25) is 0 Å². The van der Waals surface area contributed by atoms with E-state index in [1.165, 1.54) is 11.3 Å². The SMILES string of the molecule is CCOC(=O)C1=C(C)N=c2s/c(=C\c3cc(Br)c(OCc4ccc(Cl)cc4Cl)c(Br)c3)c(=O)n2[C@H]1c1ccccc1. The van der Waals surface area contributed by atoms with E-state index in [0.717, 1.165) is 16.7 Å². The Morgan fingerprint density at radius 3 is 2.46 bits per heavy atom. The van der Waals surface area contributed by atoms with E-state index in [-0.39, 0.29) is 18.8 Å². The van der Waals surface area contributed by atoms with E-state index in [0.29, 0.717) is 45.3 Å². The number of allylic oxidation sites excluding steroid dienone is 1. The molecule has 5 rings (SSSR count). The number of esters is 1. The summed E-state index contributed by atoms with van der Waals surface area (Å²) in [7, 11) is 0. The fourth-order valence-electron chi connectivity index (χ4n) is 4.48. The molecule has 2 heterocycles. The highest BCUT2D eigenvalue weighted by Gasteiger charge is 2.33. The van der Waals surface area contributed by atoms with E-state index in [4.69, 9.17) is 32.7 Å². The zero-order valence-electron chi connectivity index (χ0n) is 21.8. The van der Waals surface area contributed by atoms with Crippen LogP contribution in [-0.2, 0) is 16.1 Å². The first kappa shape index (κ1) is 29.8. The molecule has 6 nitrogen and oxygen atoms in total. The van der Waals surface area contributed by atoms with Crippen molar-refractivity contribution in [1.29, 1.82) is 0 Å². The summed E-state index contributed by atoms with van der Waals surface area (Å²) >= 11 is 20.7. The predicted molar refractivity (Wildman–Crippen MR) is 169 cm³/mol. The lowest BCUT2D eigenvalue weighted by Crippen LogP contribution is -2.39. The maximum atomic E-state index is 13.8. The number of nitrogens with zero attached hydrogens (tertiary/aromatic N) is 2. The molecule has 0 bridgehead atoms. The van der Waals surface area contributed by atoms with Crippen LogP contribution in [0.3, 0.4) is 0 Å². The highest BCUT2D eigenvalue weighted by atomic mass is 79.9.